The Morgan fingerprint density at radius 1 is 1.20 bits per heavy atom. The molecule has 1 aromatic carbocycles. The van der Waals surface area contributed by atoms with Gasteiger partial charge in [-0.25, -0.2) is 0 Å². The molecule has 0 aromatic heterocycles. The molecule has 3 heteroatoms. The van der Waals surface area contributed by atoms with Crippen molar-refractivity contribution in [3.8, 4) is 6.07 Å². The van der Waals surface area contributed by atoms with Crippen LogP contribution >= 0.6 is 0 Å². The van der Waals surface area contributed by atoms with Gasteiger partial charge >= 0.3 is 0 Å². The van der Waals surface area contributed by atoms with E-state index < -0.39 is 5.41 Å². The Bertz CT molecular complexity index is 458. The molecule has 1 fully saturated rings. The maximum atomic E-state index is 10.7. The highest BCUT2D eigenvalue weighted by Crippen LogP contribution is 2.40. The molecule has 0 aliphatic heterocycles. The zero-order valence-corrected chi connectivity index (χ0v) is 12.4. The molecule has 108 valence electrons. The van der Waals surface area contributed by atoms with Crippen molar-refractivity contribution < 1.29 is 5.21 Å². The largest absolute Gasteiger partial charge is 0.313 e. The summed E-state index contributed by atoms with van der Waals surface area (Å²) in [7, 11) is 0. The van der Waals surface area contributed by atoms with Gasteiger partial charge in [0.05, 0.1) is 17.5 Å². The third kappa shape index (κ3) is 3.20. The van der Waals surface area contributed by atoms with Crippen molar-refractivity contribution in [1.82, 2.24) is 5.06 Å². The lowest BCUT2D eigenvalue weighted by atomic mass is 9.80. The third-order valence-corrected chi connectivity index (χ3v) is 4.30. The lowest BCUT2D eigenvalue weighted by molar-refractivity contribution is -0.188. The maximum absolute atomic E-state index is 10.7. The standard InChI is InChI=1S/C17H24N2O/c1-17(2,13-18)16(14-9-5-3-6-10-14)19(20)15-11-7-4-8-12-15/h3,5-6,9-10,15-16,20H,4,7-8,11-12H2,1-2H3. The predicted octanol–water partition coefficient (Wildman–Crippen LogP) is 4.30. The molecule has 0 spiro atoms. The van der Waals surface area contributed by atoms with Gasteiger partial charge in [-0.05, 0) is 32.3 Å². The van der Waals surface area contributed by atoms with Crippen LogP contribution in [0, 0.1) is 16.7 Å². The SMILES string of the molecule is CC(C)(C#N)C(c1ccccc1)N(O)C1CCCCC1. The van der Waals surface area contributed by atoms with E-state index >= 15 is 0 Å². The second-order valence-electron chi connectivity index (χ2n) is 6.32. The first kappa shape index (κ1) is 15.0. The molecule has 3 nitrogen and oxygen atoms in total. The van der Waals surface area contributed by atoms with Crippen LogP contribution < -0.4 is 0 Å². The van der Waals surface area contributed by atoms with Crippen molar-refractivity contribution in [2.24, 2.45) is 5.41 Å². The van der Waals surface area contributed by atoms with Gasteiger partial charge in [0.2, 0.25) is 0 Å². The van der Waals surface area contributed by atoms with Gasteiger partial charge in [-0.15, -0.1) is 0 Å². The summed E-state index contributed by atoms with van der Waals surface area (Å²) in [5.74, 6) is 0. The van der Waals surface area contributed by atoms with Crippen LogP contribution in [0.15, 0.2) is 30.3 Å². The fraction of sp³-hybridized carbons (Fsp3) is 0.588. The molecule has 1 aliphatic carbocycles. The van der Waals surface area contributed by atoms with Crippen molar-refractivity contribution in [1.29, 1.82) is 5.26 Å². The van der Waals surface area contributed by atoms with E-state index in [1.807, 2.05) is 44.2 Å². The van der Waals surface area contributed by atoms with Gasteiger partial charge in [0.1, 0.15) is 0 Å². The van der Waals surface area contributed by atoms with Gasteiger partial charge in [-0.1, -0.05) is 49.6 Å². The summed E-state index contributed by atoms with van der Waals surface area (Å²) in [4.78, 5) is 0. The normalized spacial score (nSPS) is 18.8. The predicted molar refractivity (Wildman–Crippen MR) is 79.1 cm³/mol. The molecule has 1 aliphatic rings. The van der Waals surface area contributed by atoms with Crippen LogP contribution in [0.3, 0.4) is 0 Å². The van der Waals surface area contributed by atoms with E-state index in [1.54, 1.807) is 0 Å². The Morgan fingerprint density at radius 3 is 2.35 bits per heavy atom. The van der Waals surface area contributed by atoms with Crippen molar-refractivity contribution in [2.45, 2.75) is 58.0 Å². The van der Waals surface area contributed by atoms with Crippen LogP contribution in [0.4, 0.5) is 0 Å². The average molecular weight is 272 g/mol. The van der Waals surface area contributed by atoms with E-state index in [4.69, 9.17) is 0 Å². The lowest BCUT2D eigenvalue weighted by Crippen LogP contribution is -2.42. The smallest absolute Gasteiger partial charge is 0.0783 e. The summed E-state index contributed by atoms with van der Waals surface area (Å²) < 4.78 is 0. The van der Waals surface area contributed by atoms with E-state index in [0.29, 0.717) is 0 Å². The first-order valence-corrected chi connectivity index (χ1v) is 7.49. The Balaban J connectivity index is 2.29. The highest BCUT2D eigenvalue weighted by Gasteiger charge is 2.38. The Kier molecular flexibility index (Phi) is 4.80. The quantitative estimate of drug-likeness (QED) is 0.831. The van der Waals surface area contributed by atoms with Crippen LogP contribution in [0.1, 0.15) is 57.6 Å². The monoisotopic (exact) mass is 272 g/mol. The van der Waals surface area contributed by atoms with Gasteiger partial charge in [0.25, 0.3) is 0 Å². The molecule has 1 saturated carbocycles. The Hall–Kier alpha value is -1.37. The average Bonchev–Trinajstić information content (AvgIpc) is 2.49. The van der Waals surface area contributed by atoms with Crippen molar-refractivity contribution in [3.05, 3.63) is 35.9 Å². The molecule has 2 rings (SSSR count). The molecule has 20 heavy (non-hydrogen) atoms. The Morgan fingerprint density at radius 2 is 1.80 bits per heavy atom. The van der Waals surface area contributed by atoms with Crippen LogP contribution in [0.2, 0.25) is 0 Å². The minimum atomic E-state index is -0.631. The second kappa shape index (κ2) is 6.39. The number of rotatable bonds is 4. The first-order valence-electron chi connectivity index (χ1n) is 7.49. The molecule has 0 saturated heterocycles. The molecule has 0 bridgehead atoms. The number of hydrogen-bond acceptors (Lipinski definition) is 3. The Labute approximate surface area is 121 Å². The van der Waals surface area contributed by atoms with Crippen molar-refractivity contribution in [3.63, 3.8) is 0 Å². The first-order chi connectivity index (χ1) is 9.56. The minimum absolute atomic E-state index is 0.168. The van der Waals surface area contributed by atoms with Crippen LogP contribution in [-0.2, 0) is 0 Å². The van der Waals surface area contributed by atoms with E-state index in [0.717, 1.165) is 31.2 Å². The fourth-order valence-electron chi connectivity index (χ4n) is 3.15. The number of benzene rings is 1. The van der Waals surface area contributed by atoms with Gasteiger partial charge in [0.15, 0.2) is 0 Å². The molecule has 0 amide bonds. The highest BCUT2D eigenvalue weighted by molar-refractivity contribution is 5.23. The van der Waals surface area contributed by atoms with Gasteiger partial charge in [-0.3, -0.25) is 0 Å². The molecule has 1 aromatic rings. The summed E-state index contributed by atoms with van der Waals surface area (Å²) in [5.41, 5.74) is 0.375. The number of hydrogen-bond donors (Lipinski definition) is 1. The highest BCUT2D eigenvalue weighted by atomic mass is 16.5. The molecule has 1 N–H and O–H groups in total. The molecular weight excluding hydrogens is 248 g/mol. The van der Waals surface area contributed by atoms with E-state index in [9.17, 15) is 10.5 Å². The summed E-state index contributed by atoms with van der Waals surface area (Å²) in [6, 6.07) is 12.1. The number of nitriles is 1. The lowest BCUT2D eigenvalue weighted by Gasteiger charge is -2.40. The molecular formula is C17H24N2O. The van der Waals surface area contributed by atoms with Gasteiger partial charge < -0.3 is 5.21 Å². The zero-order chi connectivity index (χ0) is 14.6. The summed E-state index contributed by atoms with van der Waals surface area (Å²) >= 11 is 0. The van der Waals surface area contributed by atoms with Crippen LogP contribution in [-0.4, -0.2) is 16.3 Å². The molecule has 0 radical (unpaired) electrons. The van der Waals surface area contributed by atoms with Crippen LogP contribution in [0.5, 0.6) is 0 Å². The molecule has 1 unspecified atom stereocenters. The zero-order valence-electron chi connectivity index (χ0n) is 12.4. The van der Waals surface area contributed by atoms with E-state index in [2.05, 4.69) is 6.07 Å². The summed E-state index contributed by atoms with van der Waals surface area (Å²) in [6.07, 6.45) is 5.61. The van der Waals surface area contributed by atoms with Crippen molar-refractivity contribution in [2.75, 3.05) is 0 Å². The van der Waals surface area contributed by atoms with Crippen LogP contribution in [0.25, 0.3) is 0 Å². The van der Waals surface area contributed by atoms with Gasteiger partial charge in [-0.2, -0.15) is 10.3 Å². The third-order valence-electron chi connectivity index (χ3n) is 4.30. The van der Waals surface area contributed by atoms with E-state index in [-0.39, 0.29) is 12.1 Å². The van der Waals surface area contributed by atoms with Gasteiger partial charge in [0, 0.05) is 6.04 Å². The number of nitrogens with zero attached hydrogens (tertiary/aromatic N) is 2. The maximum Gasteiger partial charge on any atom is 0.0783 e. The number of hydroxylamine groups is 2. The molecule has 0 heterocycles. The summed E-state index contributed by atoms with van der Waals surface area (Å²) in [5, 5.41) is 21.7. The van der Waals surface area contributed by atoms with E-state index in [1.165, 1.54) is 11.5 Å². The molecule has 1 atom stereocenters. The second-order valence-corrected chi connectivity index (χ2v) is 6.32. The van der Waals surface area contributed by atoms with Crippen molar-refractivity contribution >= 4 is 0 Å². The topological polar surface area (TPSA) is 47.3 Å². The summed E-state index contributed by atoms with van der Waals surface area (Å²) in [6.45, 7) is 3.80. The fourth-order valence-corrected chi connectivity index (χ4v) is 3.15. The minimum Gasteiger partial charge on any atom is -0.313 e.